The van der Waals surface area contributed by atoms with Crippen molar-refractivity contribution in [3.05, 3.63) is 92.2 Å². The molecule has 0 unspecified atom stereocenters. The van der Waals surface area contributed by atoms with E-state index in [0.29, 0.717) is 11.1 Å². The van der Waals surface area contributed by atoms with Crippen LogP contribution in [0.5, 0.6) is 0 Å². The van der Waals surface area contributed by atoms with Crippen LogP contribution >= 0.6 is 23.2 Å². The molecule has 0 fully saturated rings. The number of halogens is 4. The molecule has 160 valence electrons. The second-order valence-corrected chi connectivity index (χ2v) is 9.11. The molecule has 0 amide bonds. The van der Waals surface area contributed by atoms with Gasteiger partial charge in [-0.05, 0) is 48.0 Å². The monoisotopic (exact) mass is 483 g/mol. The molecule has 0 atom stereocenters. The van der Waals surface area contributed by atoms with Crippen molar-refractivity contribution in [3.8, 4) is 0 Å². The van der Waals surface area contributed by atoms with Crippen molar-refractivity contribution in [3.63, 3.8) is 0 Å². The van der Waals surface area contributed by atoms with E-state index in [1.54, 1.807) is 0 Å². The van der Waals surface area contributed by atoms with E-state index in [1.807, 2.05) is 0 Å². The van der Waals surface area contributed by atoms with E-state index in [4.69, 9.17) is 23.2 Å². The lowest BCUT2D eigenvalue weighted by Crippen LogP contribution is -2.17. The highest BCUT2D eigenvalue weighted by Gasteiger charge is 2.20. The summed E-state index contributed by atoms with van der Waals surface area (Å²) in [5, 5.41) is 3.04. The van der Waals surface area contributed by atoms with E-state index in [2.05, 4.69) is 9.82 Å². The minimum absolute atomic E-state index is 0.0239. The molecule has 2 N–H and O–H groups in total. The summed E-state index contributed by atoms with van der Waals surface area (Å²) in [4.78, 5) is 12.5. The van der Waals surface area contributed by atoms with Gasteiger partial charge in [0, 0.05) is 5.69 Å². The van der Waals surface area contributed by atoms with Crippen LogP contribution < -0.4 is 10.3 Å². The lowest BCUT2D eigenvalue weighted by atomic mass is 10.2. The van der Waals surface area contributed by atoms with Gasteiger partial charge in [-0.1, -0.05) is 35.3 Å². The van der Waals surface area contributed by atoms with Gasteiger partial charge in [0.05, 0.1) is 27.5 Å². The molecule has 31 heavy (non-hydrogen) atoms. The second-order valence-electron chi connectivity index (χ2n) is 6.67. The van der Waals surface area contributed by atoms with Crippen LogP contribution in [-0.4, -0.2) is 18.2 Å². The maximum Gasteiger partial charge on any atom is 0.274 e. The predicted octanol–water partition coefficient (Wildman–Crippen LogP) is 4.76. The number of nitrogens with one attached hydrogen (secondary N) is 2. The van der Waals surface area contributed by atoms with E-state index in [1.165, 1.54) is 47.1 Å². The molecule has 0 bridgehead atoms. The molecule has 0 saturated heterocycles. The Bertz CT molecular complexity index is 1480. The summed E-state index contributed by atoms with van der Waals surface area (Å²) in [7, 11) is -4.06. The highest BCUT2D eigenvalue weighted by molar-refractivity contribution is 7.92. The lowest BCUT2D eigenvalue weighted by Gasteiger charge is -2.10. The Hall–Kier alpha value is -2.88. The van der Waals surface area contributed by atoms with E-state index in [9.17, 15) is 22.0 Å². The first-order chi connectivity index (χ1) is 14.7. The predicted molar refractivity (Wildman–Crippen MR) is 115 cm³/mol. The summed E-state index contributed by atoms with van der Waals surface area (Å²) in [6.45, 7) is -0.0239. The van der Waals surface area contributed by atoms with Gasteiger partial charge < -0.3 is 0 Å². The van der Waals surface area contributed by atoms with Crippen LogP contribution in [0.3, 0.4) is 0 Å². The summed E-state index contributed by atoms with van der Waals surface area (Å²) < 4.78 is 55.5. The third-order valence-electron chi connectivity index (χ3n) is 4.53. The molecule has 3 aromatic carbocycles. The fourth-order valence-electron chi connectivity index (χ4n) is 3.06. The van der Waals surface area contributed by atoms with Gasteiger partial charge in [0.1, 0.15) is 4.90 Å². The number of hydrogen-bond donors (Lipinski definition) is 2. The van der Waals surface area contributed by atoms with Crippen LogP contribution in [0, 0.1) is 11.6 Å². The van der Waals surface area contributed by atoms with Gasteiger partial charge in [0.15, 0.2) is 11.6 Å². The fourth-order valence-corrected chi connectivity index (χ4v) is 4.87. The molecule has 0 spiro atoms. The molecule has 0 radical (unpaired) electrons. The molecular weight excluding hydrogens is 471 g/mol. The average Bonchev–Trinajstić information content (AvgIpc) is 3.01. The average molecular weight is 484 g/mol. The molecule has 11 heteroatoms. The number of aromatic amines is 1. The molecule has 0 saturated carbocycles. The molecule has 0 aliphatic carbocycles. The van der Waals surface area contributed by atoms with Crippen molar-refractivity contribution in [1.29, 1.82) is 0 Å². The Morgan fingerprint density at radius 3 is 2.52 bits per heavy atom. The summed E-state index contributed by atoms with van der Waals surface area (Å²) in [5.41, 5.74) is 0.501. The van der Waals surface area contributed by atoms with Crippen molar-refractivity contribution in [2.75, 3.05) is 4.72 Å². The number of sulfonamides is 1. The number of benzene rings is 3. The van der Waals surface area contributed by atoms with Crippen molar-refractivity contribution in [2.24, 2.45) is 0 Å². The topological polar surface area (TPSA) is 84.0 Å². The standard InChI is InChI=1S/C20H13Cl2F2N3O3S/c21-14-2-1-3-18(19(14)22)31(29,30)26-12-5-7-17-13(9-12)20(28)27(25-17)10-11-4-6-15(23)16(24)8-11/h1-9,25-26H,10H2. The number of fused-ring (bicyclic) bond motifs is 1. The van der Waals surface area contributed by atoms with E-state index < -0.39 is 27.2 Å². The van der Waals surface area contributed by atoms with Gasteiger partial charge in [-0.2, -0.15) is 0 Å². The molecule has 1 heterocycles. The Morgan fingerprint density at radius 1 is 1.00 bits per heavy atom. The van der Waals surface area contributed by atoms with Crippen molar-refractivity contribution < 1.29 is 17.2 Å². The van der Waals surface area contributed by atoms with Gasteiger partial charge in [0.2, 0.25) is 0 Å². The van der Waals surface area contributed by atoms with Gasteiger partial charge in [-0.25, -0.2) is 21.9 Å². The number of aromatic nitrogens is 2. The zero-order valence-electron chi connectivity index (χ0n) is 15.5. The largest absolute Gasteiger partial charge is 0.295 e. The van der Waals surface area contributed by atoms with Gasteiger partial charge in [-0.15, -0.1) is 0 Å². The maximum absolute atomic E-state index is 13.4. The summed E-state index contributed by atoms with van der Waals surface area (Å²) in [6, 6.07) is 11.9. The van der Waals surface area contributed by atoms with E-state index >= 15 is 0 Å². The molecule has 4 aromatic rings. The summed E-state index contributed by atoms with van der Waals surface area (Å²) in [6.07, 6.45) is 0. The van der Waals surface area contributed by atoms with Crippen LogP contribution in [-0.2, 0) is 16.6 Å². The van der Waals surface area contributed by atoms with Crippen molar-refractivity contribution in [1.82, 2.24) is 9.78 Å². The number of nitrogens with zero attached hydrogens (tertiary/aromatic N) is 1. The smallest absolute Gasteiger partial charge is 0.274 e. The Balaban J connectivity index is 1.67. The molecular formula is C20H13Cl2F2N3O3S. The van der Waals surface area contributed by atoms with Crippen molar-refractivity contribution >= 4 is 49.8 Å². The van der Waals surface area contributed by atoms with Crippen LogP contribution in [0.25, 0.3) is 10.9 Å². The first-order valence-corrected chi connectivity index (χ1v) is 11.0. The van der Waals surface area contributed by atoms with Crippen molar-refractivity contribution in [2.45, 2.75) is 11.4 Å². The van der Waals surface area contributed by atoms with Crippen LogP contribution in [0.1, 0.15) is 5.56 Å². The number of anilines is 1. The summed E-state index contributed by atoms with van der Waals surface area (Å²) in [5.74, 6) is -2.00. The minimum atomic E-state index is -4.06. The van der Waals surface area contributed by atoms with E-state index in [0.717, 1.165) is 12.1 Å². The normalized spacial score (nSPS) is 11.7. The summed E-state index contributed by atoms with van der Waals surface area (Å²) >= 11 is 11.9. The molecule has 6 nitrogen and oxygen atoms in total. The fraction of sp³-hybridized carbons (Fsp3) is 0.0500. The third-order valence-corrected chi connectivity index (χ3v) is 6.89. The molecule has 4 rings (SSSR count). The first kappa shape index (κ1) is 21.4. The zero-order valence-corrected chi connectivity index (χ0v) is 17.8. The van der Waals surface area contributed by atoms with E-state index in [-0.39, 0.29) is 32.6 Å². The third kappa shape index (κ3) is 4.16. The first-order valence-electron chi connectivity index (χ1n) is 8.79. The number of rotatable bonds is 5. The maximum atomic E-state index is 13.4. The zero-order chi connectivity index (χ0) is 22.3. The minimum Gasteiger partial charge on any atom is -0.295 e. The Kier molecular flexibility index (Phi) is 5.50. The lowest BCUT2D eigenvalue weighted by molar-refractivity contribution is 0.505. The molecule has 0 aliphatic heterocycles. The number of hydrogen-bond acceptors (Lipinski definition) is 3. The molecule has 1 aromatic heterocycles. The highest BCUT2D eigenvalue weighted by Crippen LogP contribution is 2.30. The Labute approximate surface area is 185 Å². The highest BCUT2D eigenvalue weighted by atomic mass is 35.5. The van der Waals surface area contributed by atoms with Gasteiger partial charge in [0.25, 0.3) is 15.6 Å². The Morgan fingerprint density at radius 2 is 1.77 bits per heavy atom. The second kappa shape index (κ2) is 7.99. The van der Waals surface area contributed by atoms with Gasteiger partial charge >= 0.3 is 0 Å². The quantitative estimate of drug-likeness (QED) is 0.429. The van der Waals surface area contributed by atoms with Crippen LogP contribution in [0.4, 0.5) is 14.5 Å². The van der Waals surface area contributed by atoms with Crippen LogP contribution in [0.15, 0.2) is 64.3 Å². The number of H-pyrrole nitrogens is 1. The van der Waals surface area contributed by atoms with Crippen LogP contribution in [0.2, 0.25) is 10.0 Å². The van der Waals surface area contributed by atoms with Gasteiger partial charge in [-0.3, -0.25) is 14.6 Å². The molecule has 0 aliphatic rings. The SMILES string of the molecule is O=c1c2cc(NS(=O)(=O)c3cccc(Cl)c3Cl)ccc2[nH]n1Cc1ccc(F)c(F)c1.